The smallest absolute Gasteiger partial charge is 0.416 e. The molecular formula is C39H28F6N2O8. The minimum atomic E-state index is -4.63. The number of benzene rings is 4. The van der Waals surface area contributed by atoms with Gasteiger partial charge >= 0.3 is 30.3 Å². The fourth-order valence-corrected chi connectivity index (χ4v) is 5.63. The van der Waals surface area contributed by atoms with E-state index in [4.69, 9.17) is 9.47 Å². The number of rotatable bonds is 6. The van der Waals surface area contributed by atoms with Crippen molar-refractivity contribution in [2.24, 2.45) is 0 Å². The number of hydrogen-bond acceptors (Lipinski definition) is 8. The lowest BCUT2D eigenvalue weighted by molar-refractivity contribution is -0.138. The summed E-state index contributed by atoms with van der Waals surface area (Å²) in [6.45, 7) is 1.49. The Balaban J connectivity index is 0.000000214. The zero-order valence-corrected chi connectivity index (χ0v) is 28.9. The number of H-pyrrole nitrogens is 2. The van der Waals surface area contributed by atoms with Crippen LogP contribution in [0.15, 0.2) is 101 Å². The quantitative estimate of drug-likeness (QED) is 0.0982. The summed E-state index contributed by atoms with van der Waals surface area (Å²) in [5.74, 6) is -2.39. The summed E-state index contributed by atoms with van der Waals surface area (Å²) in [4.78, 5) is 67.6. The second-order valence-corrected chi connectivity index (χ2v) is 11.6. The normalized spacial score (nSPS) is 11.4. The highest BCUT2D eigenvalue weighted by Gasteiger charge is 2.32. The number of aromatic amines is 2. The van der Waals surface area contributed by atoms with E-state index in [1.54, 1.807) is 0 Å². The van der Waals surface area contributed by atoms with Crippen molar-refractivity contribution in [2.45, 2.75) is 19.3 Å². The molecule has 0 aliphatic rings. The van der Waals surface area contributed by atoms with Crippen molar-refractivity contribution >= 4 is 39.7 Å². The average molecular weight is 767 g/mol. The molecule has 2 N–H and O–H groups in total. The molecule has 0 radical (unpaired) electrons. The second kappa shape index (κ2) is 15.7. The second-order valence-electron chi connectivity index (χ2n) is 11.6. The van der Waals surface area contributed by atoms with E-state index in [9.17, 15) is 50.3 Å². The molecule has 6 aromatic rings. The van der Waals surface area contributed by atoms with Crippen LogP contribution in [0.1, 0.15) is 49.1 Å². The van der Waals surface area contributed by atoms with Crippen LogP contribution in [0.2, 0.25) is 0 Å². The maximum absolute atomic E-state index is 13.2. The predicted octanol–water partition coefficient (Wildman–Crippen LogP) is 8.18. The Morgan fingerprint density at radius 3 is 1.64 bits per heavy atom. The minimum Gasteiger partial charge on any atom is -0.465 e. The van der Waals surface area contributed by atoms with Gasteiger partial charge in [0.2, 0.25) is 5.43 Å². The zero-order chi connectivity index (χ0) is 40.2. The summed E-state index contributed by atoms with van der Waals surface area (Å²) in [6.07, 6.45) is -9.13. The van der Waals surface area contributed by atoms with E-state index in [-0.39, 0.29) is 62.1 Å². The molecule has 55 heavy (non-hydrogen) atoms. The molecule has 0 bridgehead atoms. The van der Waals surface area contributed by atoms with Crippen LogP contribution < -0.4 is 10.9 Å². The Hall–Kier alpha value is -6.71. The molecule has 0 fully saturated rings. The van der Waals surface area contributed by atoms with E-state index in [0.717, 1.165) is 37.4 Å². The van der Waals surface area contributed by atoms with Crippen LogP contribution in [0.3, 0.4) is 0 Å². The van der Waals surface area contributed by atoms with Gasteiger partial charge in [-0.15, -0.1) is 0 Å². The molecule has 0 aliphatic carbocycles. The number of nitrogens with one attached hydrogen (secondary N) is 2. The Morgan fingerprint density at radius 1 is 0.618 bits per heavy atom. The Labute approximate surface area is 306 Å². The number of alkyl halides is 6. The maximum atomic E-state index is 13.2. The van der Waals surface area contributed by atoms with Crippen molar-refractivity contribution in [3.05, 3.63) is 139 Å². The minimum absolute atomic E-state index is 0.00307. The molecule has 4 aromatic carbocycles. The molecule has 0 saturated carbocycles. The topological polar surface area (TPSA) is 145 Å². The van der Waals surface area contributed by atoms with E-state index >= 15 is 0 Å². The summed E-state index contributed by atoms with van der Waals surface area (Å²) in [5, 5.41) is 0.246. The molecule has 2 aromatic heterocycles. The van der Waals surface area contributed by atoms with Crippen LogP contribution in [0.25, 0.3) is 44.3 Å². The Morgan fingerprint density at radius 2 is 1.11 bits per heavy atom. The molecule has 6 rings (SSSR count). The first kappa shape index (κ1) is 39.5. The van der Waals surface area contributed by atoms with Crippen molar-refractivity contribution in [3.8, 4) is 22.5 Å². The number of carbonyl (C=O) groups excluding carboxylic acids is 3. The van der Waals surface area contributed by atoms with Crippen LogP contribution in [0.4, 0.5) is 26.3 Å². The number of ether oxygens (including phenoxy) is 3. The van der Waals surface area contributed by atoms with Crippen molar-refractivity contribution in [2.75, 3.05) is 20.8 Å². The van der Waals surface area contributed by atoms with Gasteiger partial charge in [-0.3, -0.25) is 9.59 Å². The fraction of sp³-hybridized carbons (Fsp3) is 0.154. The predicted molar refractivity (Wildman–Crippen MR) is 189 cm³/mol. The first-order chi connectivity index (χ1) is 26.0. The fourth-order valence-electron chi connectivity index (χ4n) is 5.63. The van der Waals surface area contributed by atoms with Gasteiger partial charge in [0.05, 0.1) is 59.8 Å². The van der Waals surface area contributed by atoms with Gasteiger partial charge in [0.1, 0.15) is 5.56 Å². The highest BCUT2D eigenvalue weighted by atomic mass is 19.4. The number of fused-ring (bicyclic) bond motifs is 2. The van der Waals surface area contributed by atoms with Crippen molar-refractivity contribution < 1.29 is 54.9 Å². The summed E-state index contributed by atoms with van der Waals surface area (Å²) in [6, 6.07) is 18.7. The molecule has 0 saturated heterocycles. The molecule has 2 heterocycles. The third kappa shape index (κ3) is 8.27. The summed E-state index contributed by atoms with van der Waals surface area (Å²) < 4.78 is 92.6. The standard InChI is InChI=1S/C21H16F3NO5.C18H12F3NO3/c1-3-30-20(28)15-16(11-6-4-7-12(10-11)21(22,23)24)25-17-13(18(15)26)8-5-9-14(17)19(27)29-2;1-25-17(24)13-7-3-6-12-15(23)9-14(22-16(12)13)10-4-2-5-11(8-10)18(19,20)21/h4-10H,3H2,1-2H3,(H,25,26);2-9H,1H3,(H,22,23). The molecule has 10 nitrogen and oxygen atoms in total. The number of esters is 3. The molecule has 0 spiro atoms. The number of carbonyl (C=O) groups is 3. The number of aromatic nitrogens is 2. The van der Waals surface area contributed by atoms with Crippen LogP contribution >= 0.6 is 0 Å². The third-order valence-corrected chi connectivity index (χ3v) is 8.17. The van der Waals surface area contributed by atoms with E-state index < -0.39 is 57.8 Å². The molecule has 0 amide bonds. The number of halogens is 6. The largest absolute Gasteiger partial charge is 0.465 e. The van der Waals surface area contributed by atoms with E-state index in [2.05, 4.69) is 14.7 Å². The first-order valence-electron chi connectivity index (χ1n) is 16.0. The van der Waals surface area contributed by atoms with Crippen molar-refractivity contribution in [1.29, 1.82) is 0 Å². The lowest BCUT2D eigenvalue weighted by Crippen LogP contribution is -2.21. The number of para-hydroxylation sites is 2. The van der Waals surface area contributed by atoms with Gasteiger partial charge in [0.25, 0.3) is 0 Å². The van der Waals surface area contributed by atoms with E-state index in [1.807, 2.05) is 0 Å². The zero-order valence-electron chi connectivity index (χ0n) is 28.9. The number of pyridine rings is 2. The summed E-state index contributed by atoms with van der Waals surface area (Å²) in [7, 11) is 2.36. The highest BCUT2D eigenvalue weighted by molar-refractivity contribution is 6.07. The molecule has 0 aliphatic heterocycles. The van der Waals surface area contributed by atoms with Crippen LogP contribution in [0.5, 0.6) is 0 Å². The van der Waals surface area contributed by atoms with Gasteiger partial charge in [0, 0.05) is 22.5 Å². The third-order valence-electron chi connectivity index (χ3n) is 8.17. The summed E-state index contributed by atoms with van der Waals surface area (Å²) in [5.41, 5.74) is -2.93. The lowest BCUT2D eigenvalue weighted by atomic mass is 9.99. The molecule has 0 atom stereocenters. The molecule has 284 valence electrons. The molecule has 0 unspecified atom stereocenters. The van der Waals surface area contributed by atoms with Crippen LogP contribution in [-0.2, 0) is 26.6 Å². The van der Waals surface area contributed by atoms with Crippen molar-refractivity contribution in [1.82, 2.24) is 9.97 Å². The van der Waals surface area contributed by atoms with E-state index in [1.165, 1.54) is 74.7 Å². The van der Waals surface area contributed by atoms with Crippen LogP contribution in [0, 0.1) is 0 Å². The van der Waals surface area contributed by atoms with Gasteiger partial charge in [-0.25, -0.2) is 14.4 Å². The Kier molecular flexibility index (Phi) is 11.3. The molecular weight excluding hydrogens is 738 g/mol. The monoisotopic (exact) mass is 766 g/mol. The van der Waals surface area contributed by atoms with Gasteiger partial charge in [-0.1, -0.05) is 36.4 Å². The van der Waals surface area contributed by atoms with E-state index in [0.29, 0.717) is 0 Å². The first-order valence-corrected chi connectivity index (χ1v) is 16.0. The maximum Gasteiger partial charge on any atom is 0.416 e. The number of hydrogen-bond donors (Lipinski definition) is 2. The SMILES string of the molecule is CCOC(=O)c1c(-c2cccc(C(F)(F)F)c2)[nH]c2c(C(=O)OC)cccc2c1=O.COC(=O)c1cccc2c(=O)cc(-c3cccc(C(F)(F)F)c3)[nH]c12. The molecule has 16 heteroatoms. The Bertz CT molecular complexity index is 2570. The van der Waals surface area contributed by atoms with Gasteiger partial charge < -0.3 is 24.2 Å². The lowest BCUT2D eigenvalue weighted by Gasteiger charge is -2.14. The van der Waals surface area contributed by atoms with Gasteiger partial charge in [0.15, 0.2) is 5.43 Å². The van der Waals surface area contributed by atoms with Crippen molar-refractivity contribution in [3.63, 3.8) is 0 Å². The van der Waals surface area contributed by atoms with Gasteiger partial charge in [-0.2, -0.15) is 26.3 Å². The number of methoxy groups -OCH3 is 2. The summed E-state index contributed by atoms with van der Waals surface area (Å²) >= 11 is 0. The average Bonchev–Trinajstić information content (AvgIpc) is 3.16. The van der Waals surface area contributed by atoms with Gasteiger partial charge in [-0.05, 0) is 66.6 Å². The van der Waals surface area contributed by atoms with Crippen LogP contribution in [-0.4, -0.2) is 48.7 Å². The highest BCUT2D eigenvalue weighted by Crippen LogP contribution is 2.34.